The van der Waals surface area contributed by atoms with Gasteiger partial charge in [0.25, 0.3) is 0 Å². The van der Waals surface area contributed by atoms with Crippen LogP contribution in [0.5, 0.6) is 0 Å². The summed E-state index contributed by atoms with van der Waals surface area (Å²) in [6, 6.07) is 3.03. The van der Waals surface area contributed by atoms with Gasteiger partial charge in [-0.1, -0.05) is 0 Å². The zero-order chi connectivity index (χ0) is 11.0. The largest absolute Gasteiger partial charge is 0.381 e. The lowest BCUT2D eigenvalue weighted by Crippen LogP contribution is -2.02. The molecule has 0 saturated heterocycles. The average molecular weight is 271 g/mol. The maximum atomic E-state index is 13.2. The highest BCUT2D eigenvalue weighted by molar-refractivity contribution is 9.10. The van der Waals surface area contributed by atoms with Gasteiger partial charge in [0.2, 0.25) is 0 Å². The lowest BCUT2D eigenvalue weighted by Gasteiger charge is -2.05. The van der Waals surface area contributed by atoms with Gasteiger partial charge in [-0.25, -0.2) is 4.39 Å². The number of halogens is 2. The number of anilines is 1. The minimum absolute atomic E-state index is 0.309. The zero-order valence-electron chi connectivity index (χ0n) is 7.91. The molecule has 2 aromatic rings. The summed E-state index contributed by atoms with van der Waals surface area (Å²) in [5.74, 6) is 0.0197. The second kappa shape index (κ2) is 3.62. The maximum absolute atomic E-state index is 13.2. The van der Waals surface area contributed by atoms with Crippen LogP contribution in [0, 0.1) is 12.7 Å². The van der Waals surface area contributed by atoms with Gasteiger partial charge in [0.1, 0.15) is 5.82 Å². The highest BCUT2D eigenvalue weighted by Crippen LogP contribution is 2.22. The Hall–Kier alpha value is -1.43. The monoisotopic (exact) mass is 270 g/mol. The smallest absolute Gasteiger partial charge is 0.166 e. The number of nitrogens with two attached hydrogens (primary N) is 1. The molecular formula is C9H8BrFN4. The van der Waals surface area contributed by atoms with Gasteiger partial charge in [-0.2, -0.15) is 5.10 Å². The van der Waals surface area contributed by atoms with Crippen LogP contribution >= 0.6 is 15.9 Å². The van der Waals surface area contributed by atoms with Crippen LogP contribution in [0.4, 0.5) is 10.2 Å². The standard InChI is InChI=1S/C9H8BrFN4/c1-5-2-7(11)6(10)3-8(5)15-13-4-9(12)14-15/h2-4H,1H3,(H2,12,14). The molecule has 1 aromatic carbocycles. The quantitative estimate of drug-likeness (QED) is 0.863. The van der Waals surface area contributed by atoms with E-state index in [1.54, 1.807) is 13.0 Å². The van der Waals surface area contributed by atoms with Gasteiger partial charge in [0.15, 0.2) is 5.82 Å². The first-order valence-corrected chi connectivity index (χ1v) is 5.01. The fraction of sp³-hybridized carbons (Fsp3) is 0.111. The summed E-state index contributed by atoms with van der Waals surface area (Å²) in [6.07, 6.45) is 1.44. The fourth-order valence-corrected chi connectivity index (χ4v) is 1.57. The Morgan fingerprint density at radius 2 is 2.20 bits per heavy atom. The second-order valence-corrected chi connectivity index (χ2v) is 3.97. The van der Waals surface area contributed by atoms with E-state index >= 15 is 0 Å². The molecule has 78 valence electrons. The topological polar surface area (TPSA) is 56.7 Å². The molecule has 1 heterocycles. The molecule has 0 atom stereocenters. The Bertz CT molecular complexity index is 509. The zero-order valence-corrected chi connectivity index (χ0v) is 9.49. The van der Waals surface area contributed by atoms with Crippen molar-refractivity contribution in [2.24, 2.45) is 0 Å². The Morgan fingerprint density at radius 3 is 2.80 bits per heavy atom. The highest BCUT2D eigenvalue weighted by atomic mass is 79.9. The number of nitrogen functional groups attached to an aromatic ring is 1. The van der Waals surface area contributed by atoms with Gasteiger partial charge in [-0.3, -0.25) is 0 Å². The van der Waals surface area contributed by atoms with Crippen molar-refractivity contribution in [3.63, 3.8) is 0 Å². The summed E-state index contributed by atoms with van der Waals surface area (Å²) in [5, 5.41) is 7.91. The van der Waals surface area contributed by atoms with Gasteiger partial charge >= 0.3 is 0 Å². The van der Waals surface area contributed by atoms with Crippen molar-refractivity contribution in [3.05, 3.63) is 34.2 Å². The first kappa shape index (κ1) is 10.1. The van der Waals surface area contributed by atoms with Crippen molar-refractivity contribution in [3.8, 4) is 5.69 Å². The van der Waals surface area contributed by atoms with E-state index in [2.05, 4.69) is 26.1 Å². The molecule has 0 spiro atoms. The predicted octanol–water partition coefficient (Wildman–Crippen LogP) is 2.06. The van der Waals surface area contributed by atoms with Crippen LogP contribution in [-0.2, 0) is 0 Å². The first-order chi connectivity index (χ1) is 7.08. The Morgan fingerprint density at radius 1 is 1.47 bits per heavy atom. The van der Waals surface area contributed by atoms with Crippen LogP contribution in [-0.4, -0.2) is 15.0 Å². The third kappa shape index (κ3) is 1.85. The Labute approximate surface area is 94.0 Å². The third-order valence-electron chi connectivity index (χ3n) is 1.96. The second-order valence-electron chi connectivity index (χ2n) is 3.11. The molecule has 0 radical (unpaired) electrons. The Kier molecular flexibility index (Phi) is 2.44. The van der Waals surface area contributed by atoms with Crippen LogP contribution < -0.4 is 5.73 Å². The molecule has 2 rings (SSSR count). The van der Waals surface area contributed by atoms with Crippen LogP contribution in [0.3, 0.4) is 0 Å². The summed E-state index contributed by atoms with van der Waals surface area (Å²) in [5.41, 5.74) is 6.89. The van der Waals surface area contributed by atoms with Gasteiger partial charge in [0, 0.05) is 0 Å². The van der Waals surface area contributed by atoms with E-state index in [1.165, 1.54) is 17.1 Å². The predicted molar refractivity (Wildman–Crippen MR) is 58.2 cm³/mol. The molecular weight excluding hydrogens is 263 g/mol. The number of nitrogens with zero attached hydrogens (tertiary/aromatic N) is 3. The molecule has 6 heteroatoms. The van der Waals surface area contributed by atoms with Crippen molar-refractivity contribution < 1.29 is 4.39 Å². The molecule has 0 unspecified atom stereocenters. The summed E-state index contributed by atoms with van der Waals surface area (Å²) in [7, 11) is 0. The molecule has 0 aliphatic heterocycles. The summed E-state index contributed by atoms with van der Waals surface area (Å²) in [6.45, 7) is 1.78. The van der Waals surface area contributed by atoms with Gasteiger partial charge in [-0.15, -0.1) is 9.90 Å². The van der Waals surface area contributed by atoms with Crippen molar-refractivity contribution in [1.82, 2.24) is 15.0 Å². The number of aromatic nitrogens is 3. The highest BCUT2D eigenvalue weighted by Gasteiger charge is 2.08. The molecule has 0 saturated carbocycles. The van der Waals surface area contributed by atoms with E-state index in [4.69, 9.17) is 5.73 Å². The van der Waals surface area contributed by atoms with Crippen LogP contribution in [0.25, 0.3) is 5.69 Å². The van der Waals surface area contributed by atoms with Gasteiger partial charge < -0.3 is 5.73 Å². The Balaban J connectivity index is 2.58. The molecule has 0 aliphatic rings. The summed E-state index contributed by atoms with van der Waals surface area (Å²) < 4.78 is 13.5. The molecule has 0 fully saturated rings. The van der Waals surface area contributed by atoms with Crippen molar-refractivity contribution in [2.45, 2.75) is 6.92 Å². The molecule has 0 amide bonds. The molecule has 0 bridgehead atoms. The maximum Gasteiger partial charge on any atom is 0.166 e. The average Bonchev–Trinajstić information content (AvgIpc) is 2.58. The number of rotatable bonds is 1. The lowest BCUT2D eigenvalue weighted by atomic mass is 10.2. The van der Waals surface area contributed by atoms with Crippen LogP contribution in [0.1, 0.15) is 5.56 Å². The molecule has 2 N–H and O–H groups in total. The van der Waals surface area contributed by atoms with Crippen LogP contribution in [0.2, 0.25) is 0 Å². The van der Waals surface area contributed by atoms with Gasteiger partial charge in [0.05, 0.1) is 16.4 Å². The summed E-state index contributed by atoms with van der Waals surface area (Å²) >= 11 is 3.11. The SMILES string of the molecule is Cc1cc(F)c(Br)cc1-n1ncc(N)n1. The lowest BCUT2D eigenvalue weighted by molar-refractivity contribution is 0.617. The van der Waals surface area contributed by atoms with Crippen LogP contribution in [0.15, 0.2) is 22.8 Å². The number of aryl methyl sites for hydroxylation is 1. The van der Waals surface area contributed by atoms with Crippen molar-refractivity contribution in [1.29, 1.82) is 0 Å². The van der Waals surface area contributed by atoms with Crippen molar-refractivity contribution >= 4 is 21.7 Å². The molecule has 15 heavy (non-hydrogen) atoms. The number of hydrogen-bond acceptors (Lipinski definition) is 3. The van der Waals surface area contributed by atoms with E-state index in [-0.39, 0.29) is 5.82 Å². The molecule has 4 nitrogen and oxygen atoms in total. The minimum Gasteiger partial charge on any atom is -0.381 e. The van der Waals surface area contributed by atoms with E-state index in [1.807, 2.05) is 0 Å². The van der Waals surface area contributed by atoms with E-state index in [0.29, 0.717) is 16.0 Å². The molecule has 1 aromatic heterocycles. The third-order valence-corrected chi connectivity index (χ3v) is 2.57. The minimum atomic E-state index is -0.309. The summed E-state index contributed by atoms with van der Waals surface area (Å²) in [4.78, 5) is 1.37. The number of benzene rings is 1. The van der Waals surface area contributed by atoms with E-state index < -0.39 is 0 Å². The van der Waals surface area contributed by atoms with E-state index in [9.17, 15) is 4.39 Å². The van der Waals surface area contributed by atoms with Crippen molar-refractivity contribution in [2.75, 3.05) is 5.73 Å². The normalized spacial score (nSPS) is 10.6. The molecule has 0 aliphatic carbocycles. The van der Waals surface area contributed by atoms with Gasteiger partial charge in [-0.05, 0) is 40.5 Å². The fourth-order valence-electron chi connectivity index (χ4n) is 1.24. The van der Waals surface area contributed by atoms with E-state index in [0.717, 1.165) is 5.56 Å². The number of hydrogen-bond donors (Lipinski definition) is 1. The first-order valence-electron chi connectivity index (χ1n) is 4.22.